The molecule has 0 radical (unpaired) electrons. The fraction of sp³-hybridized carbons (Fsp3) is 0.706. The molecule has 116 valence electrons. The third-order valence-corrected chi connectivity index (χ3v) is 4.28. The first-order valence-electron chi connectivity index (χ1n) is 8.28. The van der Waals surface area contributed by atoms with E-state index in [1.54, 1.807) is 6.07 Å². The lowest BCUT2D eigenvalue weighted by Gasteiger charge is -2.27. The first-order valence-corrected chi connectivity index (χ1v) is 8.28. The van der Waals surface area contributed by atoms with E-state index in [0.29, 0.717) is 18.0 Å². The van der Waals surface area contributed by atoms with Gasteiger partial charge in [-0.25, -0.2) is 9.37 Å². The second kappa shape index (κ2) is 6.30. The molecule has 4 heteroatoms. The number of aromatic nitrogens is 1. The minimum Gasteiger partial charge on any atom is -0.353 e. The van der Waals surface area contributed by atoms with Crippen LogP contribution in [0, 0.1) is 11.7 Å². The molecule has 0 unspecified atom stereocenters. The second-order valence-electron chi connectivity index (χ2n) is 6.90. The van der Waals surface area contributed by atoms with E-state index < -0.39 is 0 Å². The smallest absolute Gasteiger partial charge is 0.141 e. The molecule has 21 heavy (non-hydrogen) atoms. The van der Waals surface area contributed by atoms with Gasteiger partial charge in [0.05, 0.1) is 6.20 Å². The van der Waals surface area contributed by atoms with Crippen LogP contribution in [-0.4, -0.2) is 23.6 Å². The highest BCUT2D eigenvalue weighted by atomic mass is 19.1. The molecule has 0 atom stereocenters. The van der Waals surface area contributed by atoms with Gasteiger partial charge >= 0.3 is 0 Å². The topological polar surface area (TPSA) is 28.2 Å². The van der Waals surface area contributed by atoms with Crippen molar-refractivity contribution in [1.82, 2.24) is 10.3 Å². The van der Waals surface area contributed by atoms with Crippen LogP contribution in [0.4, 0.5) is 10.2 Å². The molecule has 0 bridgehead atoms. The van der Waals surface area contributed by atoms with E-state index in [1.807, 2.05) is 0 Å². The largest absolute Gasteiger partial charge is 0.353 e. The highest BCUT2D eigenvalue weighted by molar-refractivity contribution is 5.49. The zero-order valence-electron chi connectivity index (χ0n) is 13.1. The molecule has 2 aliphatic rings. The van der Waals surface area contributed by atoms with Crippen molar-refractivity contribution >= 4 is 5.82 Å². The van der Waals surface area contributed by atoms with E-state index in [2.05, 4.69) is 29.0 Å². The van der Waals surface area contributed by atoms with Gasteiger partial charge in [-0.05, 0) is 44.1 Å². The molecule has 1 aromatic rings. The number of anilines is 1. The lowest BCUT2D eigenvalue weighted by Crippen LogP contribution is -2.30. The summed E-state index contributed by atoms with van der Waals surface area (Å²) in [5, 5.41) is 3.49. The molecule has 0 aromatic carbocycles. The fourth-order valence-corrected chi connectivity index (χ4v) is 2.65. The van der Waals surface area contributed by atoms with Crippen molar-refractivity contribution in [2.75, 3.05) is 11.4 Å². The molecule has 3 nitrogen and oxygen atoms in total. The van der Waals surface area contributed by atoms with E-state index >= 15 is 0 Å². The summed E-state index contributed by atoms with van der Waals surface area (Å²) in [4.78, 5) is 6.83. The average Bonchev–Trinajstić information content (AvgIpc) is 3.32. The van der Waals surface area contributed by atoms with Gasteiger partial charge in [-0.2, -0.15) is 0 Å². The number of nitrogens with zero attached hydrogens (tertiary/aromatic N) is 2. The summed E-state index contributed by atoms with van der Waals surface area (Å²) in [6.45, 7) is 6.25. The Morgan fingerprint density at radius 2 is 2.10 bits per heavy atom. The van der Waals surface area contributed by atoms with Gasteiger partial charge in [-0.1, -0.05) is 13.8 Å². The van der Waals surface area contributed by atoms with E-state index in [1.165, 1.54) is 31.9 Å². The van der Waals surface area contributed by atoms with Gasteiger partial charge in [0.1, 0.15) is 11.6 Å². The van der Waals surface area contributed by atoms with Crippen LogP contribution in [0.2, 0.25) is 0 Å². The van der Waals surface area contributed by atoms with Crippen molar-refractivity contribution < 1.29 is 4.39 Å². The Labute approximate surface area is 126 Å². The van der Waals surface area contributed by atoms with Crippen LogP contribution in [0.3, 0.4) is 0 Å². The van der Waals surface area contributed by atoms with Crippen molar-refractivity contribution in [3.05, 3.63) is 23.6 Å². The van der Waals surface area contributed by atoms with Crippen LogP contribution >= 0.6 is 0 Å². The quantitative estimate of drug-likeness (QED) is 0.794. The Morgan fingerprint density at radius 3 is 2.71 bits per heavy atom. The maximum absolute atomic E-state index is 13.6. The number of pyridine rings is 1. The number of hydrogen-bond acceptors (Lipinski definition) is 3. The van der Waals surface area contributed by atoms with Crippen molar-refractivity contribution in [1.29, 1.82) is 0 Å². The SMILES string of the molecule is CC(C)CCN(c1ncc(F)cc1CNC1CC1)C1CC1. The first kappa shape index (κ1) is 14.8. The van der Waals surface area contributed by atoms with Gasteiger partial charge < -0.3 is 10.2 Å². The number of nitrogens with one attached hydrogen (secondary N) is 1. The lowest BCUT2D eigenvalue weighted by molar-refractivity contribution is 0.563. The minimum absolute atomic E-state index is 0.231. The van der Waals surface area contributed by atoms with Gasteiger partial charge in [-0.3, -0.25) is 0 Å². The van der Waals surface area contributed by atoms with Crippen molar-refractivity contribution in [2.45, 2.75) is 64.6 Å². The molecule has 0 spiro atoms. The van der Waals surface area contributed by atoms with E-state index in [9.17, 15) is 4.39 Å². The first-order chi connectivity index (χ1) is 10.1. The van der Waals surface area contributed by atoms with Gasteiger partial charge in [0.25, 0.3) is 0 Å². The van der Waals surface area contributed by atoms with E-state index in [4.69, 9.17) is 0 Å². The molecule has 3 rings (SSSR count). The van der Waals surface area contributed by atoms with Crippen molar-refractivity contribution in [2.24, 2.45) is 5.92 Å². The summed E-state index contributed by atoms with van der Waals surface area (Å²) in [6, 6.07) is 2.90. The fourth-order valence-electron chi connectivity index (χ4n) is 2.65. The van der Waals surface area contributed by atoms with Gasteiger partial charge in [0.2, 0.25) is 0 Å². The lowest BCUT2D eigenvalue weighted by atomic mass is 10.1. The maximum Gasteiger partial charge on any atom is 0.141 e. The molecule has 1 N–H and O–H groups in total. The Balaban J connectivity index is 1.75. The Hall–Kier alpha value is -1.16. The molecule has 2 fully saturated rings. The van der Waals surface area contributed by atoms with Crippen LogP contribution < -0.4 is 10.2 Å². The predicted octanol–water partition coefficient (Wildman–Crippen LogP) is 3.49. The van der Waals surface area contributed by atoms with Crippen LogP contribution in [0.5, 0.6) is 0 Å². The summed E-state index contributed by atoms with van der Waals surface area (Å²) < 4.78 is 13.6. The summed E-state index contributed by atoms with van der Waals surface area (Å²) in [5.41, 5.74) is 1.01. The van der Waals surface area contributed by atoms with Gasteiger partial charge in [0, 0.05) is 30.7 Å². The van der Waals surface area contributed by atoms with E-state index in [-0.39, 0.29) is 5.82 Å². The van der Waals surface area contributed by atoms with Crippen LogP contribution in [-0.2, 0) is 6.54 Å². The summed E-state index contributed by atoms with van der Waals surface area (Å²) in [7, 11) is 0. The molecule has 1 aromatic heterocycles. The van der Waals surface area contributed by atoms with Crippen LogP contribution in [0.25, 0.3) is 0 Å². The molecular formula is C17H26FN3. The Bertz CT molecular complexity index is 481. The molecule has 0 aliphatic heterocycles. The standard InChI is InChI=1S/C17H26FN3/c1-12(2)7-8-21(16-5-6-16)17-13(9-14(18)11-20-17)10-19-15-3-4-15/h9,11-12,15-16,19H,3-8,10H2,1-2H3. The molecule has 2 aliphatic carbocycles. The Morgan fingerprint density at radius 1 is 1.33 bits per heavy atom. The Kier molecular flexibility index (Phi) is 4.43. The maximum atomic E-state index is 13.6. The van der Waals surface area contributed by atoms with Crippen LogP contribution in [0.15, 0.2) is 12.3 Å². The van der Waals surface area contributed by atoms with Gasteiger partial charge in [0.15, 0.2) is 0 Å². The molecule has 1 heterocycles. The number of rotatable bonds is 8. The number of halogens is 1. The monoisotopic (exact) mass is 291 g/mol. The van der Waals surface area contributed by atoms with E-state index in [0.717, 1.165) is 30.9 Å². The molecular weight excluding hydrogens is 265 g/mol. The van der Waals surface area contributed by atoms with Crippen LogP contribution in [0.1, 0.15) is 51.5 Å². The molecule has 0 amide bonds. The van der Waals surface area contributed by atoms with Gasteiger partial charge in [-0.15, -0.1) is 0 Å². The summed E-state index contributed by atoms with van der Waals surface area (Å²) >= 11 is 0. The van der Waals surface area contributed by atoms with Crippen molar-refractivity contribution in [3.63, 3.8) is 0 Å². The third kappa shape index (κ3) is 4.16. The third-order valence-electron chi connectivity index (χ3n) is 4.28. The zero-order valence-corrected chi connectivity index (χ0v) is 13.1. The second-order valence-corrected chi connectivity index (χ2v) is 6.90. The predicted molar refractivity (Wildman–Crippen MR) is 83.9 cm³/mol. The molecule has 2 saturated carbocycles. The zero-order chi connectivity index (χ0) is 14.8. The minimum atomic E-state index is -0.231. The number of hydrogen-bond donors (Lipinski definition) is 1. The highest BCUT2D eigenvalue weighted by Crippen LogP contribution is 2.33. The van der Waals surface area contributed by atoms with Crippen molar-refractivity contribution in [3.8, 4) is 0 Å². The normalized spacial score (nSPS) is 18.3. The molecule has 0 saturated heterocycles. The highest BCUT2D eigenvalue weighted by Gasteiger charge is 2.31. The summed E-state index contributed by atoms with van der Waals surface area (Å²) in [6.07, 6.45) is 7.50. The summed E-state index contributed by atoms with van der Waals surface area (Å²) in [5.74, 6) is 1.44. The average molecular weight is 291 g/mol.